The number of amides is 4. The summed E-state index contributed by atoms with van der Waals surface area (Å²) in [6, 6.07) is 12.8. The Labute approximate surface area is 327 Å². The lowest BCUT2D eigenvalue weighted by atomic mass is 9.97. The second-order valence-corrected chi connectivity index (χ2v) is 14.3. The number of rotatable bonds is 17. The number of hydrogen-bond acceptors (Lipinski definition) is 9. The van der Waals surface area contributed by atoms with Gasteiger partial charge in [-0.15, -0.1) is 0 Å². The molecule has 302 valence electrons. The van der Waals surface area contributed by atoms with Crippen LogP contribution in [0.3, 0.4) is 0 Å². The number of nitrogens with one attached hydrogen (secondary N) is 4. The van der Waals surface area contributed by atoms with E-state index in [1.165, 1.54) is 69.5 Å². The molecule has 0 bridgehead atoms. The molecule has 0 saturated heterocycles. The van der Waals surface area contributed by atoms with Gasteiger partial charge in [-0.2, -0.15) is 13.2 Å². The number of hydrogen-bond donors (Lipinski definition) is 4. The maximum atomic E-state index is 14.0. The molecule has 3 aromatic carbocycles. The molecule has 0 spiro atoms. The number of ketones is 1. The SMILES string of the molecule is COc1ccc(C(NC(=O)C(Cc2cccc(Cl)c2)NC(=O)c2cccc(OCC(=O)NCC(=O)OC(C)(C)C)c2)C(=O)NC(C(=O)C(F)(F)F)C(C)C)cc1. The van der Waals surface area contributed by atoms with Gasteiger partial charge in [-0.3, -0.25) is 28.8 Å². The summed E-state index contributed by atoms with van der Waals surface area (Å²) in [5, 5.41) is 9.99. The average Bonchev–Trinajstić information content (AvgIpc) is 3.12. The van der Waals surface area contributed by atoms with Crippen LogP contribution in [0.15, 0.2) is 72.8 Å². The smallest absolute Gasteiger partial charge is 0.452 e. The van der Waals surface area contributed by atoms with Crippen molar-refractivity contribution in [2.24, 2.45) is 5.92 Å². The first-order valence-electron chi connectivity index (χ1n) is 17.3. The van der Waals surface area contributed by atoms with E-state index < -0.39 is 77.8 Å². The molecule has 0 aliphatic heterocycles. The van der Waals surface area contributed by atoms with Crippen molar-refractivity contribution in [1.82, 2.24) is 21.3 Å². The molecule has 0 radical (unpaired) electrons. The highest BCUT2D eigenvalue weighted by atomic mass is 35.5. The second-order valence-electron chi connectivity index (χ2n) is 13.8. The number of carbonyl (C=O) groups is 6. The minimum atomic E-state index is -5.25. The van der Waals surface area contributed by atoms with E-state index in [4.69, 9.17) is 25.8 Å². The third kappa shape index (κ3) is 14.2. The summed E-state index contributed by atoms with van der Waals surface area (Å²) in [6.45, 7) is 6.81. The number of esters is 1. The Kier molecular flexibility index (Phi) is 15.8. The minimum absolute atomic E-state index is 0.00967. The van der Waals surface area contributed by atoms with E-state index in [-0.39, 0.29) is 29.8 Å². The van der Waals surface area contributed by atoms with Crippen molar-refractivity contribution in [2.45, 2.75) is 70.9 Å². The zero-order valence-corrected chi connectivity index (χ0v) is 32.3. The highest BCUT2D eigenvalue weighted by molar-refractivity contribution is 6.30. The molecule has 0 aliphatic rings. The van der Waals surface area contributed by atoms with Crippen molar-refractivity contribution >= 4 is 47.0 Å². The third-order valence-electron chi connectivity index (χ3n) is 7.79. The standard InChI is InChI=1S/C39H44ClF3N4O9/c1-22(2)32(34(50)39(41,42)43)46-37(53)33(24-13-15-27(54-6)16-14-24)47-36(52)29(18-23-9-7-11-26(40)17-23)45-35(51)25-10-8-12-28(19-25)55-21-30(48)44-20-31(49)56-38(3,4)5/h7-17,19,22,29,32-33H,18,20-21H2,1-6H3,(H,44,48)(H,45,51)(H,46,53)(H,47,52). The van der Waals surface area contributed by atoms with Crippen LogP contribution in [-0.4, -0.2) is 79.5 Å². The van der Waals surface area contributed by atoms with Crippen molar-refractivity contribution < 1.29 is 56.1 Å². The first-order valence-corrected chi connectivity index (χ1v) is 17.7. The van der Waals surface area contributed by atoms with Crippen LogP contribution in [0.4, 0.5) is 13.2 Å². The molecule has 4 amide bonds. The highest BCUT2D eigenvalue weighted by Gasteiger charge is 2.45. The van der Waals surface area contributed by atoms with Gasteiger partial charge in [0.25, 0.3) is 17.6 Å². The van der Waals surface area contributed by atoms with Gasteiger partial charge in [0.05, 0.1) is 13.2 Å². The molecule has 4 N–H and O–H groups in total. The molecule has 0 aliphatic carbocycles. The normalized spacial score (nSPS) is 13.1. The number of halogens is 4. The molecule has 56 heavy (non-hydrogen) atoms. The number of alkyl halides is 3. The monoisotopic (exact) mass is 804 g/mol. The third-order valence-corrected chi connectivity index (χ3v) is 8.03. The maximum absolute atomic E-state index is 14.0. The van der Waals surface area contributed by atoms with Crippen molar-refractivity contribution in [3.05, 3.63) is 94.5 Å². The largest absolute Gasteiger partial charge is 0.497 e. The lowest BCUT2D eigenvalue weighted by Gasteiger charge is -2.27. The van der Waals surface area contributed by atoms with Gasteiger partial charge in [0.2, 0.25) is 11.8 Å². The zero-order chi connectivity index (χ0) is 41.8. The van der Waals surface area contributed by atoms with Crippen LogP contribution in [0.25, 0.3) is 0 Å². The first-order chi connectivity index (χ1) is 26.2. The topological polar surface area (TPSA) is 178 Å². The minimum Gasteiger partial charge on any atom is -0.497 e. The molecular formula is C39H44ClF3N4O9. The summed E-state index contributed by atoms with van der Waals surface area (Å²) < 4.78 is 56.2. The molecule has 0 aromatic heterocycles. The van der Waals surface area contributed by atoms with Gasteiger partial charge in [-0.25, -0.2) is 0 Å². The molecule has 0 fully saturated rings. The molecule has 3 unspecified atom stereocenters. The molecule has 0 heterocycles. The van der Waals surface area contributed by atoms with Gasteiger partial charge >= 0.3 is 12.1 Å². The van der Waals surface area contributed by atoms with Crippen molar-refractivity contribution in [3.8, 4) is 11.5 Å². The summed E-state index contributed by atoms with van der Waals surface area (Å²) >= 11 is 6.18. The summed E-state index contributed by atoms with van der Waals surface area (Å²) in [5.41, 5.74) is -0.0892. The van der Waals surface area contributed by atoms with Gasteiger partial charge in [-0.05, 0) is 80.3 Å². The van der Waals surface area contributed by atoms with Crippen LogP contribution in [-0.2, 0) is 35.1 Å². The summed E-state index contributed by atoms with van der Waals surface area (Å²) in [6.07, 6.45) is -5.39. The van der Waals surface area contributed by atoms with Gasteiger partial charge in [0, 0.05) is 17.0 Å². The quantitative estimate of drug-likeness (QED) is 0.141. The fraction of sp³-hybridized carbons (Fsp3) is 0.385. The second kappa shape index (κ2) is 19.8. The van der Waals surface area contributed by atoms with Crippen LogP contribution in [0, 0.1) is 5.92 Å². The molecule has 3 rings (SSSR count). The number of ether oxygens (including phenoxy) is 3. The van der Waals surface area contributed by atoms with Crippen molar-refractivity contribution in [3.63, 3.8) is 0 Å². The predicted octanol–water partition coefficient (Wildman–Crippen LogP) is 4.66. The van der Waals surface area contributed by atoms with E-state index in [0.717, 1.165) is 0 Å². The summed E-state index contributed by atoms with van der Waals surface area (Å²) in [5.74, 6) is -6.74. The molecule has 0 saturated carbocycles. The maximum Gasteiger partial charge on any atom is 0.452 e. The Morgan fingerprint density at radius 1 is 0.804 bits per heavy atom. The Bertz CT molecular complexity index is 1880. The summed E-state index contributed by atoms with van der Waals surface area (Å²) in [4.78, 5) is 77.8. The van der Waals surface area contributed by atoms with E-state index in [1.54, 1.807) is 45.0 Å². The fourth-order valence-corrected chi connectivity index (χ4v) is 5.33. The van der Waals surface area contributed by atoms with Gasteiger partial charge in [0.1, 0.15) is 35.7 Å². The van der Waals surface area contributed by atoms with Crippen LogP contribution in [0.5, 0.6) is 11.5 Å². The van der Waals surface area contributed by atoms with E-state index in [2.05, 4.69) is 21.3 Å². The molecule has 13 nitrogen and oxygen atoms in total. The van der Waals surface area contributed by atoms with Crippen molar-refractivity contribution in [1.29, 1.82) is 0 Å². The van der Waals surface area contributed by atoms with E-state index >= 15 is 0 Å². The fourth-order valence-electron chi connectivity index (χ4n) is 5.11. The lowest BCUT2D eigenvalue weighted by molar-refractivity contribution is -0.175. The molecule has 3 aromatic rings. The summed E-state index contributed by atoms with van der Waals surface area (Å²) in [7, 11) is 1.40. The Hall–Kier alpha value is -5.64. The van der Waals surface area contributed by atoms with Crippen molar-refractivity contribution in [2.75, 3.05) is 20.3 Å². The highest BCUT2D eigenvalue weighted by Crippen LogP contribution is 2.24. The zero-order valence-electron chi connectivity index (χ0n) is 31.5. The van der Waals surface area contributed by atoms with Crippen LogP contribution in [0.2, 0.25) is 5.02 Å². The van der Waals surface area contributed by atoms with Crippen LogP contribution in [0.1, 0.15) is 62.1 Å². The number of methoxy groups -OCH3 is 1. The molecule has 17 heteroatoms. The Morgan fingerprint density at radius 3 is 2.05 bits per heavy atom. The van der Waals surface area contributed by atoms with E-state index in [1.807, 2.05) is 0 Å². The van der Waals surface area contributed by atoms with Crippen LogP contribution >= 0.6 is 11.6 Å². The van der Waals surface area contributed by atoms with Gasteiger partial charge < -0.3 is 35.5 Å². The molecule has 3 atom stereocenters. The molecular weight excluding hydrogens is 761 g/mol. The van der Waals surface area contributed by atoms with Gasteiger partial charge in [0.15, 0.2) is 6.61 Å². The predicted molar refractivity (Wildman–Crippen MR) is 199 cm³/mol. The number of benzene rings is 3. The lowest BCUT2D eigenvalue weighted by Crippen LogP contribution is -2.55. The number of carbonyl (C=O) groups excluding carboxylic acids is 6. The number of Topliss-reactive ketones (excluding diaryl/α,β-unsaturated/α-hetero) is 1. The van der Waals surface area contributed by atoms with E-state index in [9.17, 15) is 41.9 Å². The first kappa shape index (κ1) is 44.8. The average molecular weight is 805 g/mol. The van der Waals surface area contributed by atoms with Gasteiger partial charge in [-0.1, -0.05) is 55.8 Å². The van der Waals surface area contributed by atoms with Crippen LogP contribution < -0.4 is 30.7 Å². The van der Waals surface area contributed by atoms with E-state index in [0.29, 0.717) is 16.3 Å². The Balaban J connectivity index is 1.86. The Morgan fingerprint density at radius 2 is 1.46 bits per heavy atom.